The van der Waals surface area contributed by atoms with E-state index in [0.29, 0.717) is 18.0 Å². The van der Waals surface area contributed by atoms with Crippen LogP contribution < -0.4 is 15.8 Å². The molecule has 0 spiro atoms. The van der Waals surface area contributed by atoms with E-state index in [4.69, 9.17) is 10.5 Å². The van der Waals surface area contributed by atoms with Crippen molar-refractivity contribution in [2.75, 3.05) is 13.7 Å². The van der Waals surface area contributed by atoms with E-state index in [0.717, 1.165) is 19.3 Å². The normalized spacial score (nSPS) is 21.1. The lowest BCUT2D eigenvalue weighted by atomic mass is 10.0. The van der Waals surface area contributed by atoms with Crippen LogP contribution in [0.1, 0.15) is 29.6 Å². The number of hydrogen-bond acceptors (Lipinski definition) is 3. The first-order valence-electron chi connectivity index (χ1n) is 6.50. The molecule has 1 fully saturated rings. The first-order chi connectivity index (χ1) is 9.15. The van der Waals surface area contributed by atoms with Crippen LogP contribution in [0.5, 0.6) is 5.75 Å². The molecule has 0 heterocycles. The Hall–Kier alpha value is -1.33. The molecule has 0 radical (unpaired) electrons. The number of carbonyl (C=O) groups excluding carboxylic acids is 1. The zero-order chi connectivity index (χ0) is 13.8. The Balaban J connectivity index is 0.00000200. The highest BCUT2D eigenvalue weighted by atomic mass is 35.5. The van der Waals surface area contributed by atoms with E-state index in [9.17, 15) is 9.18 Å². The largest absolute Gasteiger partial charge is 0.494 e. The molecule has 2 rings (SSSR count). The number of amides is 1. The van der Waals surface area contributed by atoms with Crippen molar-refractivity contribution in [3.8, 4) is 5.75 Å². The molecule has 2 unspecified atom stereocenters. The number of nitrogens with one attached hydrogen (secondary N) is 1. The van der Waals surface area contributed by atoms with Gasteiger partial charge in [-0.05, 0) is 43.5 Å². The van der Waals surface area contributed by atoms with Gasteiger partial charge in [-0.3, -0.25) is 4.79 Å². The van der Waals surface area contributed by atoms with Crippen LogP contribution >= 0.6 is 12.4 Å². The Morgan fingerprint density at radius 1 is 1.50 bits per heavy atom. The van der Waals surface area contributed by atoms with Gasteiger partial charge in [-0.25, -0.2) is 4.39 Å². The van der Waals surface area contributed by atoms with Crippen molar-refractivity contribution in [2.24, 2.45) is 11.7 Å². The van der Waals surface area contributed by atoms with E-state index in [1.165, 1.54) is 19.2 Å². The molecule has 1 saturated carbocycles. The third kappa shape index (κ3) is 3.61. The van der Waals surface area contributed by atoms with E-state index < -0.39 is 5.82 Å². The van der Waals surface area contributed by atoms with Gasteiger partial charge >= 0.3 is 0 Å². The Morgan fingerprint density at radius 3 is 2.85 bits per heavy atom. The zero-order valence-electron chi connectivity index (χ0n) is 11.4. The number of halogens is 2. The van der Waals surface area contributed by atoms with Crippen LogP contribution in [0, 0.1) is 11.7 Å². The molecule has 0 aromatic heterocycles. The topological polar surface area (TPSA) is 64.3 Å². The monoisotopic (exact) mass is 302 g/mol. The molecule has 1 aromatic rings. The predicted molar refractivity (Wildman–Crippen MR) is 77.8 cm³/mol. The maximum Gasteiger partial charge on any atom is 0.251 e. The molecule has 1 aromatic carbocycles. The average Bonchev–Trinajstić information content (AvgIpc) is 2.85. The van der Waals surface area contributed by atoms with Gasteiger partial charge in [0, 0.05) is 11.6 Å². The molecule has 1 aliphatic carbocycles. The molecular weight excluding hydrogens is 283 g/mol. The van der Waals surface area contributed by atoms with Crippen LogP contribution in [0.4, 0.5) is 4.39 Å². The summed E-state index contributed by atoms with van der Waals surface area (Å²) in [6.07, 6.45) is 3.05. The van der Waals surface area contributed by atoms with E-state index in [2.05, 4.69) is 5.32 Å². The number of nitrogens with two attached hydrogens (primary N) is 1. The second-order valence-electron chi connectivity index (χ2n) is 4.86. The van der Waals surface area contributed by atoms with Crippen molar-refractivity contribution >= 4 is 18.3 Å². The third-order valence-electron chi connectivity index (χ3n) is 3.69. The third-order valence-corrected chi connectivity index (χ3v) is 3.69. The second kappa shape index (κ2) is 7.45. The van der Waals surface area contributed by atoms with Gasteiger partial charge in [-0.15, -0.1) is 12.4 Å². The fraction of sp³-hybridized carbons (Fsp3) is 0.500. The number of carbonyl (C=O) groups is 1. The Kier molecular flexibility index (Phi) is 6.23. The van der Waals surface area contributed by atoms with Crippen molar-refractivity contribution in [3.05, 3.63) is 29.6 Å². The highest BCUT2D eigenvalue weighted by Gasteiger charge is 2.27. The minimum Gasteiger partial charge on any atom is -0.494 e. The van der Waals surface area contributed by atoms with Gasteiger partial charge in [0.15, 0.2) is 11.6 Å². The molecule has 2 atom stereocenters. The minimum absolute atomic E-state index is 0. The molecule has 6 heteroatoms. The summed E-state index contributed by atoms with van der Waals surface area (Å²) in [6.45, 7) is 0.571. The van der Waals surface area contributed by atoms with Crippen LogP contribution in [-0.4, -0.2) is 25.6 Å². The molecule has 4 nitrogen and oxygen atoms in total. The zero-order valence-corrected chi connectivity index (χ0v) is 12.2. The molecule has 112 valence electrons. The summed E-state index contributed by atoms with van der Waals surface area (Å²) in [5.74, 6) is -0.326. The maximum atomic E-state index is 13.5. The van der Waals surface area contributed by atoms with Crippen LogP contribution in [0.25, 0.3) is 0 Å². The first kappa shape index (κ1) is 16.7. The first-order valence-corrected chi connectivity index (χ1v) is 6.50. The summed E-state index contributed by atoms with van der Waals surface area (Å²) >= 11 is 0. The number of methoxy groups -OCH3 is 1. The van der Waals surface area contributed by atoms with Gasteiger partial charge in [-0.1, -0.05) is 6.42 Å². The van der Waals surface area contributed by atoms with Crippen molar-refractivity contribution in [1.82, 2.24) is 5.32 Å². The van der Waals surface area contributed by atoms with Crippen LogP contribution in [0.15, 0.2) is 18.2 Å². The second-order valence-corrected chi connectivity index (χ2v) is 4.86. The van der Waals surface area contributed by atoms with Crippen LogP contribution in [0.3, 0.4) is 0 Å². The molecule has 1 aliphatic rings. The van der Waals surface area contributed by atoms with Gasteiger partial charge < -0.3 is 15.8 Å². The minimum atomic E-state index is -0.531. The fourth-order valence-corrected chi connectivity index (χ4v) is 2.57. The Labute approximate surface area is 124 Å². The van der Waals surface area contributed by atoms with Gasteiger partial charge in [0.05, 0.1) is 7.11 Å². The van der Waals surface area contributed by atoms with Crippen molar-refractivity contribution in [3.63, 3.8) is 0 Å². The van der Waals surface area contributed by atoms with Crippen LogP contribution in [0.2, 0.25) is 0 Å². The number of benzene rings is 1. The van der Waals surface area contributed by atoms with Gasteiger partial charge in [0.2, 0.25) is 0 Å². The molecule has 0 bridgehead atoms. The predicted octanol–water partition coefficient (Wildman–Crippen LogP) is 2.11. The highest BCUT2D eigenvalue weighted by molar-refractivity contribution is 5.94. The number of rotatable bonds is 4. The summed E-state index contributed by atoms with van der Waals surface area (Å²) in [5.41, 5.74) is 5.98. The maximum absolute atomic E-state index is 13.5. The molecule has 20 heavy (non-hydrogen) atoms. The molecule has 0 aliphatic heterocycles. The van der Waals surface area contributed by atoms with Crippen molar-refractivity contribution < 1.29 is 13.9 Å². The smallest absolute Gasteiger partial charge is 0.251 e. The summed E-state index contributed by atoms with van der Waals surface area (Å²) in [5, 5.41) is 2.93. The highest BCUT2D eigenvalue weighted by Crippen LogP contribution is 2.25. The number of ether oxygens (including phenoxy) is 1. The summed E-state index contributed by atoms with van der Waals surface area (Å²) in [6, 6.07) is 4.31. The van der Waals surface area contributed by atoms with Gasteiger partial charge in [-0.2, -0.15) is 0 Å². The van der Waals surface area contributed by atoms with Gasteiger partial charge in [0.1, 0.15) is 0 Å². The van der Waals surface area contributed by atoms with Crippen LogP contribution in [-0.2, 0) is 0 Å². The quantitative estimate of drug-likeness (QED) is 0.895. The lowest BCUT2D eigenvalue weighted by Crippen LogP contribution is -2.39. The Bertz CT molecular complexity index is 470. The lowest BCUT2D eigenvalue weighted by Gasteiger charge is -2.19. The van der Waals surface area contributed by atoms with E-state index in [1.54, 1.807) is 6.07 Å². The van der Waals surface area contributed by atoms with E-state index >= 15 is 0 Å². The average molecular weight is 303 g/mol. The molecular formula is C14H20ClFN2O2. The number of hydrogen-bond donors (Lipinski definition) is 2. The fourth-order valence-electron chi connectivity index (χ4n) is 2.57. The van der Waals surface area contributed by atoms with Gasteiger partial charge in [0.25, 0.3) is 5.91 Å². The molecule has 3 N–H and O–H groups in total. The summed E-state index contributed by atoms with van der Waals surface area (Å²) < 4.78 is 18.4. The van der Waals surface area contributed by atoms with Crippen molar-refractivity contribution in [1.29, 1.82) is 0 Å². The van der Waals surface area contributed by atoms with E-state index in [1.807, 2.05) is 0 Å². The van der Waals surface area contributed by atoms with E-state index in [-0.39, 0.29) is 30.1 Å². The summed E-state index contributed by atoms with van der Waals surface area (Å²) in [7, 11) is 1.39. The standard InChI is InChI=1S/C14H19FN2O2.ClH/c1-19-13-6-5-9(7-11(13)15)14(18)17-12-4-2-3-10(12)8-16;/h5-7,10,12H,2-4,8,16H2,1H3,(H,17,18);1H. The Morgan fingerprint density at radius 2 is 2.25 bits per heavy atom. The molecule has 0 saturated heterocycles. The molecule has 1 amide bonds. The summed E-state index contributed by atoms with van der Waals surface area (Å²) in [4.78, 5) is 12.1. The SMILES string of the molecule is COc1ccc(C(=O)NC2CCCC2CN)cc1F.Cl. The lowest BCUT2D eigenvalue weighted by molar-refractivity contribution is 0.0928. The van der Waals surface area contributed by atoms with Crippen molar-refractivity contribution in [2.45, 2.75) is 25.3 Å².